The number of thiazole rings is 1. The molecule has 0 saturated heterocycles. The number of ether oxygens (including phenoxy) is 2. The minimum atomic E-state index is -3.80. The van der Waals surface area contributed by atoms with E-state index in [1.807, 2.05) is 13.8 Å². The first kappa shape index (κ1) is 20.8. The Morgan fingerprint density at radius 1 is 1.29 bits per heavy atom. The third-order valence-electron chi connectivity index (χ3n) is 4.70. The van der Waals surface area contributed by atoms with Crippen molar-refractivity contribution >= 4 is 27.3 Å². The minimum Gasteiger partial charge on any atom is -0.495 e. The Labute approximate surface area is 169 Å². The van der Waals surface area contributed by atoms with Crippen LogP contribution in [0.25, 0.3) is 0 Å². The highest BCUT2D eigenvalue weighted by molar-refractivity contribution is 7.89. The average molecular weight is 425 g/mol. The fraction of sp³-hybridized carbons (Fsp3) is 0.474. The number of rotatable bonds is 7. The van der Waals surface area contributed by atoms with Crippen molar-refractivity contribution in [1.82, 2.24) is 9.71 Å². The van der Waals surface area contributed by atoms with Gasteiger partial charge in [-0.05, 0) is 44.9 Å². The second-order valence-electron chi connectivity index (χ2n) is 6.79. The Morgan fingerprint density at radius 2 is 2.00 bits per heavy atom. The Balaban J connectivity index is 1.79. The summed E-state index contributed by atoms with van der Waals surface area (Å²) in [6.45, 7) is 3.85. The van der Waals surface area contributed by atoms with Gasteiger partial charge in [-0.25, -0.2) is 22.9 Å². The Bertz CT molecular complexity index is 963. The number of aryl methyl sites for hydroxylation is 2. The zero-order valence-corrected chi connectivity index (χ0v) is 17.8. The predicted molar refractivity (Wildman–Crippen MR) is 106 cm³/mol. The highest BCUT2D eigenvalue weighted by Crippen LogP contribution is 2.28. The standard InChI is InChI=1S/C19H24N2O5S2/c1-12-17(27-13(2)20-12)11-26-19(22)14-8-9-16(25-3)18(10-14)28(23,24)21-15-6-4-5-7-15/h8-10,15,21H,4-7,11H2,1-3H3. The van der Waals surface area contributed by atoms with Gasteiger partial charge in [0.1, 0.15) is 17.3 Å². The van der Waals surface area contributed by atoms with E-state index in [1.165, 1.54) is 36.6 Å². The monoisotopic (exact) mass is 424 g/mol. The fourth-order valence-electron chi connectivity index (χ4n) is 3.26. The maximum atomic E-state index is 12.8. The largest absolute Gasteiger partial charge is 0.495 e. The summed E-state index contributed by atoms with van der Waals surface area (Å²) < 4.78 is 38.9. The molecule has 9 heteroatoms. The summed E-state index contributed by atoms with van der Waals surface area (Å²) in [5.74, 6) is -0.401. The van der Waals surface area contributed by atoms with Gasteiger partial charge in [0.15, 0.2) is 0 Å². The SMILES string of the molecule is COc1ccc(C(=O)OCc2sc(C)nc2C)cc1S(=O)(=O)NC1CCCC1. The van der Waals surface area contributed by atoms with Crippen molar-refractivity contribution < 1.29 is 22.7 Å². The number of carbonyl (C=O) groups excluding carboxylic acids is 1. The molecule has 0 spiro atoms. The maximum absolute atomic E-state index is 12.8. The van der Waals surface area contributed by atoms with Crippen LogP contribution in [0.1, 0.15) is 51.6 Å². The Kier molecular flexibility index (Phi) is 6.36. The molecule has 1 heterocycles. The van der Waals surface area contributed by atoms with Crippen LogP contribution in [0.15, 0.2) is 23.1 Å². The molecule has 0 amide bonds. The van der Waals surface area contributed by atoms with Crippen LogP contribution in [0.2, 0.25) is 0 Å². The first-order valence-electron chi connectivity index (χ1n) is 9.10. The van der Waals surface area contributed by atoms with E-state index in [-0.39, 0.29) is 28.9 Å². The van der Waals surface area contributed by atoms with Gasteiger partial charge in [-0.1, -0.05) is 12.8 Å². The zero-order valence-electron chi connectivity index (χ0n) is 16.1. The van der Waals surface area contributed by atoms with Crippen LogP contribution in [0.3, 0.4) is 0 Å². The number of esters is 1. The molecule has 0 unspecified atom stereocenters. The number of hydrogen-bond donors (Lipinski definition) is 1. The van der Waals surface area contributed by atoms with Gasteiger partial charge in [-0.15, -0.1) is 11.3 Å². The van der Waals surface area contributed by atoms with Gasteiger partial charge in [0.2, 0.25) is 10.0 Å². The molecule has 1 N–H and O–H groups in total. The third kappa shape index (κ3) is 4.71. The molecule has 7 nitrogen and oxygen atoms in total. The summed E-state index contributed by atoms with van der Waals surface area (Å²) in [6, 6.07) is 4.20. The van der Waals surface area contributed by atoms with Gasteiger partial charge in [-0.3, -0.25) is 0 Å². The Morgan fingerprint density at radius 3 is 2.61 bits per heavy atom. The fourth-order valence-corrected chi connectivity index (χ4v) is 5.61. The maximum Gasteiger partial charge on any atom is 0.338 e. The number of nitrogens with one attached hydrogen (secondary N) is 1. The molecule has 1 aliphatic rings. The highest BCUT2D eigenvalue weighted by Gasteiger charge is 2.27. The van der Waals surface area contributed by atoms with Crippen LogP contribution in [0.5, 0.6) is 5.75 Å². The first-order chi connectivity index (χ1) is 13.3. The number of benzene rings is 1. The second kappa shape index (κ2) is 8.59. The van der Waals surface area contributed by atoms with Crippen molar-refractivity contribution in [2.45, 2.75) is 57.1 Å². The molecule has 152 valence electrons. The molecule has 1 aliphatic carbocycles. The van der Waals surface area contributed by atoms with Crippen LogP contribution in [-0.4, -0.2) is 32.5 Å². The van der Waals surface area contributed by atoms with E-state index in [0.29, 0.717) is 0 Å². The van der Waals surface area contributed by atoms with E-state index in [9.17, 15) is 13.2 Å². The van der Waals surface area contributed by atoms with Crippen LogP contribution in [-0.2, 0) is 21.4 Å². The quantitative estimate of drug-likeness (QED) is 0.685. The molecular formula is C19H24N2O5S2. The van der Waals surface area contributed by atoms with Gasteiger partial charge in [-0.2, -0.15) is 0 Å². The summed E-state index contributed by atoms with van der Waals surface area (Å²) in [5, 5.41) is 0.902. The normalized spacial score (nSPS) is 15.0. The molecule has 28 heavy (non-hydrogen) atoms. The van der Waals surface area contributed by atoms with Crippen molar-refractivity contribution in [3.05, 3.63) is 39.3 Å². The van der Waals surface area contributed by atoms with Gasteiger partial charge in [0, 0.05) is 6.04 Å². The lowest BCUT2D eigenvalue weighted by Gasteiger charge is -2.15. The van der Waals surface area contributed by atoms with E-state index in [4.69, 9.17) is 9.47 Å². The number of nitrogens with zero attached hydrogens (tertiary/aromatic N) is 1. The summed E-state index contributed by atoms with van der Waals surface area (Å²) in [6.07, 6.45) is 3.65. The molecule has 1 saturated carbocycles. The van der Waals surface area contributed by atoms with Crippen molar-refractivity contribution in [1.29, 1.82) is 0 Å². The van der Waals surface area contributed by atoms with E-state index in [0.717, 1.165) is 41.3 Å². The lowest BCUT2D eigenvalue weighted by Crippen LogP contribution is -2.33. The molecule has 3 rings (SSSR count). The molecule has 0 aliphatic heterocycles. The smallest absolute Gasteiger partial charge is 0.338 e. The summed E-state index contributed by atoms with van der Waals surface area (Å²) in [4.78, 5) is 17.6. The minimum absolute atomic E-state index is 0.0545. The van der Waals surface area contributed by atoms with Gasteiger partial charge in [0.25, 0.3) is 0 Å². The Hall–Kier alpha value is -1.97. The topological polar surface area (TPSA) is 94.6 Å². The lowest BCUT2D eigenvalue weighted by molar-refractivity contribution is 0.0475. The van der Waals surface area contributed by atoms with E-state index in [1.54, 1.807) is 0 Å². The predicted octanol–water partition coefficient (Wildman–Crippen LogP) is 3.35. The van der Waals surface area contributed by atoms with Crippen LogP contribution in [0.4, 0.5) is 0 Å². The molecule has 1 fully saturated rings. The number of aromatic nitrogens is 1. The number of hydrogen-bond acceptors (Lipinski definition) is 7. The first-order valence-corrected chi connectivity index (χ1v) is 11.4. The van der Waals surface area contributed by atoms with Crippen molar-refractivity contribution in [3.8, 4) is 5.75 Å². The summed E-state index contributed by atoms with van der Waals surface area (Å²) >= 11 is 1.47. The number of carbonyl (C=O) groups is 1. The van der Waals surface area contributed by atoms with E-state index < -0.39 is 16.0 Å². The molecule has 0 bridgehead atoms. The van der Waals surface area contributed by atoms with E-state index in [2.05, 4.69) is 9.71 Å². The lowest BCUT2D eigenvalue weighted by atomic mass is 10.2. The van der Waals surface area contributed by atoms with E-state index >= 15 is 0 Å². The molecule has 1 aromatic heterocycles. The number of methoxy groups -OCH3 is 1. The summed E-state index contributed by atoms with van der Waals surface area (Å²) in [5.41, 5.74) is 0.987. The van der Waals surface area contributed by atoms with Gasteiger partial charge >= 0.3 is 5.97 Å². The van der Waals surface area contributed by atoms with Gasteiger partial charge < -0.3 is 9.47 Å². The van der Waals surface area contributed by atoms with Crippen molar-refractivity contribution in [3.63, 3.8) is 0 Å². The molecular weight excluding hydrogens is 400 g/mol. The molecule has 1 aromatic carbocycles. The summed E-state index contributed by atoms with van der Waals surface area (Å²) in [7, 11) is -2.40. The second-order valence-corrected chi connectivity index (χ2v) is 9.76. The zero-order chi connectivity index (χ0) is 20.3. The highest BCUT2D eigenvalue weighted by atomic mass is 32.2. The van der Waals surface area contributed by atoms with Crippen LogP contribution in [0, 0.1) is 13.8 Å². The third-order valence-corrected chi connectivity index (χ3v) is 7.29. The molecule has 0 atom stereocenters. The number of sulfonamides is 1. The molecule has 2 aromatic rings. The van der Waals surface area contributed by atoms with Crippen LogP contribution < -0.4 is 9.46 Å². The van der Waals surface area contributed by atoms with Gasteiger partial charge in [0.05, 0.1) is 28.3 Å². The van der Waals surface area contributed by atoms with Crippen molar-refractivity contribution in [2.75, 3.05) is 7.11 Å². The average Bonchev–Trinajstić information content (AvgIpc) is 3.27. The van der Waals surface area contributed by atoms with Crippen molar-refractivity contribution in [2.24, 2.45) is 0 Å². The van der Waals surface area contributed by atoms with Crippen LogP contribution >= 0.6 is 11.3 Å². The molecule has 0 radical (unpaired) electrons.